The van der Waals surface area contributed by atoms with E-state index in [4.69, 9.17) is 0 Å². The lowest BCUT2D eigenvalue weighted by molar-refractivity contribution is 0.146. The average molecular weight is 354 g/mol. The van der Waals surface area contributed by atoms with Crippen molar-refractivity contribution in [3.8, 4) is 11.1 Å². The Bertz CT molecular complexity index is 830. The van der Waals surface area contributed by atoms with Gasteiger partial charge in [-0.15, -0.1) is 0 Å². The van der Waals surface area contributed by atoms with Gasteiger partial charge in [-0.2, -0.15) is 5.10 Å². The molecular weight excluding hydrogens is 331 g/mol. The van der Waals surface area contributed by atoms with Gasteiger partial charge in [0.05, 0.1) is 6.20 Å². The van der Waals surface area contributed by atoms with E-state index in [9.17, 15) is 9.18 Å². The Morgan fingerprint density at radius 3 is 2.73 bits per heavy atom. The number of urea groups is 1. The largest absolute Gasteiger partial charge is 0.325 e. The van der Waals surface area contributed by atoms with E-state index in [2.05, 4.69) is 10.2 Å². The molecule has 1 aliphatic carbocycles. The molecule has 1 N–H and O–H groups in total. The summed E-state index contributed by atoms with van der Waals surface area (Å²) in [6.07, 6.45) is 7.55. The third-order valence-corrected chi connectivity index (χ3v) is 6.48. The second kappa shape index (κ2) is 5.83. The molecule has 5 rings (SSSR count). The molecule has 6 heteroatoms. The van der Waals surface area contributed by atoms with E-state index in [1.807, 2.05) is 21.9 Å². The summed E-state index contributed by atoms with van der Waals surface area (Å²) in [6.45, 7) is 3.26. The number of carbonyl (C=O) groups is 1. The predicted octanol–water partition coefficient (Wildman–Crippen LogP) is 3.40. The number of piperidine rings is 1. The summed E-state index contributed by atoms with van der Waals surface area (Å²) in [7, 11) is 0. The number of halogens is 1. The normalized spacial score (nSPS) is 27.5. The molecule has 5 nitrogen and oxygen atoms in total. The van der Waals surface area contributed by atoms with Crippen LogP contribution in [0, 0.1) is 11.7 Å². The highest BCUT2D eigenvalue weighted by atomic mass is 19.1. The molecule has 0 bridgehead atoms. The van der Waals surface area contributed by atoms with Crippen molar-refractivity contribution in [3.63, 3.8) is 0 Å². The van der Waals surface area contributed by atoms with Gasteiger partial charge in [-0.1, -0.05) is 12.1 Å². The van der Waals surface area contributed by atoms with Gasteiger partial charge in [0.2, 0.25) is 0 Å². The SMILES string of the molecule is O=C(N1CCCC1)N1CCC2(c3ccc(-c4cn[nH]c4)cc3F)CC2C1. The molecule has 26 heavy (non-hydrogen) atoms. The van der Waals surface area contributed by atoms with Crippen LogP contribution < -0.4 is 0 Å². The molecule has 2 saturated heterocycles. The number of nitrogens with one attached hydrogen (secondary N) is 1. The number of H-pyrrole nitrogens is 1. The number of amides is 2. The van der Waals surface area contributed by atoms with E-state index in [1.54, 1.807) is 18.5 Å². The maximum Gasteiger partial charge on any atom is 0.320 e. The van der Waals surface area contributed by atoms with E-state index in [0.717, 1.165) is 68.6 Å². The monoisotopic (exact) mass is 354 g/mol. The van der Waals surface area contributed by atoms with Crippen molar-refractivity contribution >= 4 is 6.03 Å². The molecule has 3 aliphatic rings. The Morgan fingerprint density at radius 2 is 2.04 bits per heavy atom. The molecule has 2 amide bonds. The van der Waals surface area contributed by atoms with Gasteiger partial charge in [-0.05, 0) is 48.8 Å². The van der Waals surface area contributed by atoms with Gasteiger partial charge >= 0.3 is 6.03 Å². The van der Waals surface area contributed by atoms with Crippen LogP contribution in [0.15, 0.2) is 30.6 Å². The quantitative estimate of drug-likeness (QED) is 0.899. The third-order valence-electron chi connectivity index (χ3n) is 6.48. The van der Waals surface area contributed by atoms with E-state index in [-0.39, 0.29) is 17.3 Å². The molecule has 2 unspecified atom stereocenters. The number of benzene rings is 1. The molecule has 0 spiro atoms. The molecule has 2 aromatic rings. The zero-order chi connectivity index (χ0) is 17.7. The van der Waals surface area contributed by atoms with E-state index < -0.39 is 0 Å². The minimum atomic E-state index is -0.134. The highest BCUT2D eigenvalue weighted by Crippen LogP contribution is 2.60. The molecule has 1 saturated carbocycles. The summed E-state index contributed by atoms with van der Waals surface area (Å²) < 4.78 is 14.9. The Balaban J connectivity index is 1.33. The molecule has 3 heterocycles. The summed E-state index contributed by atoms with van der Waals surface area (Å²) >= 11 is 0. The van der Waals surface area contributed by atoms with Crippen molar-refractivity contribution in [3.05, 3.63) is 42.0 Å². The number of aromatic nitrogens is 2. The Hall–Kier alpha value is -2.37. The number of carbonyl (C=O) groups excluding carboxylic acids is 1. The topological polar surface area (TPSA) is 52.2 Å². The first-order valence-electron chi connectivity index (χ1n) is 9.50. The van der Waals surface area contributed by atoms with Gasteiger partial charge in [0.15, 0.2) is 0 Å². The number of likely N-dealkylation sites (tertiary alicyclic amines) is 2. The standard InChI is InChI=1S/C20H23FN4O/c21-18-9-14(15-11-22-23-12-15)3-4-17(18)20-5-8-25(13-16(20)10-20)19(26)24-6-1-2-7-24/h3-4,9,11-12,16H,1-2,5-8,10,13H2,(H,22,23). The van der Waals surface area contributed by atoms with Crippen molar-refractivity contribution in [2.24, 2.45) is 5.92 Å². The predicted molar refractivity (Wildman–Crippen MR) is 96.2 cm³/mol. The fourth-order valence-corrected chi connectivity index (χ4v) is 4.87. The fourth-order valence-electron chi connectivity index (χ4n) is 4.87. The number of nitrogens with zero attached hydrogens (tertiary/aromatic N) is 3. The van der Waals surface area contributed by atoms with Gasteiger partial charge in [-0.25, -0.2) is 9.18 Å². The van der Waals surface area contributed by atoms with Gasteiger partial charge in [0, 0.05) is 43.4 Å². The fraction of sp³-hybridized carbons (Fsp3) is 0.500. The van der Waals surface area contributed by atoms with Crippen LogP contribution in [-0.4, -0.2) is 52.2 Å². The Labute approximate surface area is 152 Å². The first-order valence-corrected chi connectivity index (χ1v) is 9.50. The zero-order valence-corrected chi connectivity index (χ0v) is 14.7. The highest BCUT2D eigenvalue weighted by Gasteiger charge is 2.59. The minimum absolute atomic E-state index is 0.0687. The van der Waals surface area contributed by atoms with Crippen molar-refractivity contribution < 1.29 is 9.18 Å². The number of hydrogen-bond acceptors (Lipinski definition) is 2. The number of fused-ring (bicyclic) bond motifs is 1. The molecule has 1 aromatic carbocycles. The lowest BCUT2D eigenvalue weighted by Crippen LogP contribution is -2.46. The van der Waals surface area contributed by atoms with Crippen molar-refractivity contribution in [2.45, 2.75) is 31.1 Å². The van der Waals surface area contributed by atoms with Crippen LogP contribution in [-0.2, 0) is 5.41 Å². The lowest BCUT2D eigenvalue weighted by Gasteiger charge is -2.34. The van der Waals surface area contributed by atoms with Gasteiger partial charge < -0.3 is 9.80 Å². The van der Waals surface area contributed by atoms with Crippen molar-refractivity contribution in [1.82, 2.24) is 20.0 Å². The molecule has 2 aliphatic heterocycles. The first kappa shape index (κ1) is 15.9. The first-order chi connectivity index (χ1) is 12.7. The van der Waals surface area contributed by atoms with Crippen molar-refractivity contribution in [1.29, 1.82) is 0 Å². The van der Waals surface area contributed by atoms with Crippen molar-refractivity contribution in [2.75, 3.05) is 26.2 Å². The van der Waals surface area contributed by atoms with Gasteiger partial charge in [0.1, 0.15) is 5.82 Å². The molecule has 0 radical (unpaired) electrons. The van der Waals surface area contributed by atoms with Crippen LogP contribution in [0.2, 0.25) is 0 Å². The minimum Gasteiger partial charge on any atom is -0.325 e. The van der Waals surface area contributed by atoms with Crippen LogP contribution in [0.3, 0.4) is 0 Å². The third kappa shape index (κ3) is 2.42. The molecule has 1 aromatic heterocycles. The molecular formula is C20H23FN4O. The van der Waals surface area contributed by atoms with E-state index >= 15 is 0 Å². The molecule has 136 valence electrons. The summed E-state index contributed by atoms with van der Waals surface area (Å²) in [5, 5.41) is 6.70. The Kier molecular flexibility index (Phi) is 3.55. The maximum absolute atomic E-state index is 14.9. The average Bonchev–Trinajstić information content (AvgIpc) is 3.05. The van der Waals surface area contributed by atoms with Crippen LogP contribution >= 0.6 is 0 Å². The van der Waals surface area contributed by atoms with E-state index in [0.29, 0.717) is 5.92 Å². The maximum atomic E-state index is 14.9. The summed E-state index contributed by atoms with van der Waals surface area (Å²) in [5.74, 6) is 0.252. The van der Waals surface area contributed by atoms with Crippen LogP contribution in [0.25, 0.3) is 11.1 Å². The molecule has 2 atom stereocenters. The van der Waals surface area contributed by atoms with Crippen LogP contribution in [0.5, 0.6) is 0 Å². The van der Waals surface area contributed by atoms with Gasteiger partial charge in [0.25, 0.3) is 0 Å². The Morgan fingerprint density at radius 1 is 1.19 bits per heavy atom. The van der Waals surface area contributed by atoms with E-state index in [1.165, 1.54) is 0 Å². The number of rotatable bonds is 2. The summed E-state index contributed by atoms with van der Waals surface area (Å²) in [6, 6.07) is 5.72. The summed E-state index contributed by atoms with van der Waals surface area (Å²) in [4.78, 5) is 16.6. The number of aromatic amines is 1. The lowest BCUT2D eigenvalue weighted by atomic mass is 9.86. The summed E-state index contributed by atoms with van der Waals surface area (Å²) in [5.41, 5.74) is 2.49. The van der Waals surface area contributed by atoms with Crippen LogP contribution in [0.4, 0.5) is 9.18 Å². The highest BCUT2D eigenvalue weighted by molar-refractivity contribution is 5.75. The smallest absolute Gasteiger partial charge is 0.320 e. The molecule has 3 fully saturated rings. The number of hydrogen-bond donors (Lipinski definition) is 1. The second-order valence-corrected chi connectivity index (χ2v) is 7.91. The van der Waals surface area contributed by atoms with Crippen LogP contribution in [0.1, 0.15) is 31.2 Å². The zero-order valence-electron chi connectivity index (χ0n) is 14.7. The second-order valence-electron chi connectivity index (χ2n) is 7.91. The van der Waals surface area contributed by atoms with Gasteiger partial charge in [-0.3, -0.25) is 5.10 Å².